The second kappa shape index (κ2) is 14.6. The molecule has 1 aromatic carbocycles. The lowest BCUT2D eigenvalue weighted by molar-refractivity contribution is 0.0168. The number of ether oxygens (including phenoxy) is 2. The Morgan fingerprint density at radius 1 is 1.28 bits per heavy atom. The minimum Gasteiger partial charge on any atom is -0.379 e. The van der Waals surface area contributed by atoms with E-state index in [1.54, 1.807) is 7.05 Å². The first-order chi connectivity index (χ1) is 11.9. The van der Waals surface area contributed by atoms with Gasteiger partial charge >= 0.3 is 0 Å². The third kappa shape index (κ3) is 10.3. The van der Waals surface area contributed by atoms with Crippen LogP contribution in [0.2, 0.25) is 0 Å². The highest BCUT2D eigenvalue weighted by atomic mass is 127. The molecule has 0 spiro atoms. The standard InChI is InChI=1S/C18H29N3O2S.HI/c1-19-18(21-11-14-24-17-8-3-2-4-9-17)20-10-6-12-22-15-16-7-5-13-23-16;/h2-4,8-9,16H,5-7,10-15H2,1H3,(H2,19,20,21);1H. The van der Waals surface area contributed by atoms with Crippen LogP contribution in [0.15, 0.2) is 40.2 Å². The summed E-state index contributed by atoms with van der Waals surface area (Å²) in [5.74, 6) is 1.86. The molecule has 0 radical (unpaired) electrons. The van der Waals surface area contributed by atoms with E-state index in [2.05, 4.69) is 39.9 Å². The molecule has 2 N–H and O–H groups in total. The summed E-state index contributed by atoms with van der Waals surface area (Å²) in [7, 11) is 1.80. The van der Waals surface area contributed by atoms with Crippen LogP contribution in [0.25, 0.3) is 0 Å². The predicted molar refractivity (Wildman–Crippen MR) is 116 cm³/mol. The molecule has 1 heterocycles. The van der Waals surface area contributed by atoms with E-state index in [1.165, 1.54) is 11.3 Å². The van der Waals surface area contributed by atoms with Gasteiger partial charge in [-0.15, -0.1) is 35.7 Å². The number of thioether (sulfide) groups is 1. The summed E-state index contributed by atoms with van der Waals surface area (Å²) in [5, 5.41) is 6.65. The fourth-order valence-corrected chi connectivity index (χ4v) is 3.24. The molecule has 0 amide bonds. The topological polar surface area (TPSA) is 54.9 Å². The molecule has 0 aromatic heterocycles. The zero-order valence-electron chi connectivity index (χ0n) is 14.9. The normalized spacial score (nSPS) is 17.2. The maximum atomic E-state index is 5.65. The number of rotatable bonds is 10. The third-order valence-corrected chi connectivity index (χ3v) is 4.73. The average Bonchev–Trinajstić information content (AvgIpc) is 3.14. The van der Waals surface area contributed by atoms with E-state index < -0.39 is 0 Å². The van der Waals surface area contributed by atoms with Crippen molar-refractivity contribution in [3.05, 3.63) is 30.3 Å². The van der Waals surface area contributed by atoms with E-state index in [0.717, 1.165) is 57.5 Å². The number of hydrogen-bond acceptors (Lipinski definition) is 4. The van der Waals surface area contributed by atoms with E-state index in [1.807, 2.05) is 17.8 Å². The van der Waals surface area contributed by atoms with Gasteiger partial charge in [-0.2, -0.15) is 0 Å². The quantitative estimate of drug-likeness (QED) is 0.178. The van der Waals surface area contributed by atoms with Crippen molar-refractivity contribution in [2.75, 3.05) is 45.7 Å². The second-order valence-electron chi connectivity index (χ2n) is 5.65. The van der Waals surface area contributed by atoms with Crippen LogP contribution >= 0.6 is 35.7 Å². The molecule has 1 unspecified atom stereocenters. The Kier molecular flexibility index (Phi) is 13.2. The Bertz CT molecular complexity index is 471. The van der Waals surface area contributed by atoms with Crippen LogP contribution < -0.4 is 10.6 Å². The number of hydrogen-bond donors (Lipinski definition) is 2. The molecule has 1 aromatic rings. The first-order valence-electron chi connectivity index (χ1n) is 8.70. The molecule has 2 rings (SSSR count). The molecule has 1 saturated heterocycles. The lowest BCUT2D eigenvalue weighted by Gasteiger charge is -2.13. The number of aliphatic imine (C=N–C) groups is 1. The Morgan fingerprint density at radius 3 is 2.80 bits per heavy atom. The molecule has 7 heteroatoms. The van der Waals surface area contributed by atoms with Crippen molar-refractivity contribution in [1.82, 2.24) is 10.6 Å². The summed E-state index contributed by atoms with van der Waals surface area (Å²) in [6.07, 6.45) is 3.58. The van der Waals surface area contributed by atoms with Crippen molar-refractivity contribution < 1.29 is 9.47 Å². The Hall–Kier alpha value is -0.510. The maximum absolute atomic E-state index is 5.65. The van der Waals surface area contributed by atoms with Crippen LogP contribution in [0.4, 0.5) is 0 Å². The second-order valence-corrected chi connectivity index (χ2v) is 6.82. The van der Waals surface area contributed by atoms with Crippen LogP contribution in [0.1, 0.15) is 19.3 Å². The number of guanidine groups is 1. The molecule has 1 aliphatic rings. The largest absolute Gasteiger partial charge is 0.379 e. The average molecular weight is 479 g/mol. The van der Waals surface area contributed by atoms with Crippen molar-refractivity contribution in [3.63, 3.8) is 0 Å². The summed E-state index contributed by atoms with van der Waals surface area (Å²) in [6, 6.07) is 10.4. The van der Waals surface area contributed by atoms with Crippen molar-refractivity contribution in [2.24, 2.45) is 4.99 Å². The maximum Gasteiger partial charge on any atom is 0.191 e. The molecule has 0 saturated carbocycles. The van der Waals surface area contributed by atoms with Crippen LogP contribution in [-0.2, 0) is 9.47 Å². The van der Waals surface area contributed by atoms with E-state index in [-0.39, 0.29) is 24.0 Å². The van der Waals surface area contributed by atoms with Gasteiger partial charge in [0.05, 0.1) is 12.7 Å². The predicted octanol–water partition coefficient (Wildman–Crippen LogP) is 3.15. The number of benzene rings is 1. The number of halogens is 1. The smallest absolute Gasteiger partial charge is 0.191 e. The van der Waals surface area contributed by atoms with Crippen molar-refractivity contribution in [3.8, 4) is 0 Å². The van der Waals surface area contributed by atoms with E-state index in [9.17, 15) is 0 Å². The monoisotopic (exact) mass is 479 g/mol. The van der Waals surface area contributed by atoms with Gasteiger partial charge in [0, 0.05) is 44.0 Å². The Balaban J connectivity index is 0.00000312. The van der Waals surface area contributed by atoms with E-state index in [0.29, 0.717) is 6.10 Å². The molecule has 142 valence electrons. The van der Waals surface area contributed by atoms with Gasteiger partial charge in [-0.3, -0.25) is 4.99 Å². The fraction of sp³-hybridized carbons (Fsp3) is 0.611. The number of nitrogens with one attached hydrogen (secondary N) is 2. The highest BCUT2D eigenvalue weighted by Gasteiger charge is 2.14. The highest BCUT2D eigenvalue weighted by molar-refractivity contribution is 14.0. The van der Waals surface area contributed by atoms with Gasteiger partial charge in [-0.25, -0.2) is 0 Å². The van der Waals surface area contributed by atoms with Gasteiger partial charge in [0.15, 0.2) is 5.96 Å². The van der Waals surface area contributed by atoms with Gasteiger partial charge in [0.1, 0.15) is 0 Å². The van der Waals surface area contributed by atoms with Gasteiger partial charge in [0.2, 0.25) is 0 Å². The Morgan fingerprint density at radius 2 is 2.08 bits per heavy atom. The zero-order chi connectivity index (χ0) is 16.9. The zero-order valence-corrected chi connectivity index (χ0v) is 18.1. The Labute approximate surface area is 172 Å². The molecule has 0 bridgehead atoms. The van der Waals surface area contributed by atoms with Gasteiger partial charge in [-0.1, -0.05) is 18.2 Å². The first kappa shape index (κ1) is 22.5. The summed E-state index contributed by atoms with van der Waals surface area (Å²) >= 11 is 1.84. The lowest BCUT2D eigenvalue weighted by atomic mass is 10.2. The molecule has 1 aliphatic heterocycles. The molecule has 1 atom stereocenters. The van der Waals surface area contributed by atoms with Crippen molar-refractivity contribution >= 4 is 41.7 Å². The highest BCUT2D eigenvalue weighted by Crippen LogP contribution is 2.15. The van der Waals surface area contributed by atoms with Gasteiger partial charge in [0.25, 0.3) is 0 Å². The molecule has 25 heavy (non-hydrogen) atoms. The first-order valence-corrected chi connectivity index (χ1v) is 9.69. The summed E-state index contributed by atoms with van der Waals surface area (Å²) in [5.41, 5.74) is 0. The van der Waals surface area contributed by atoms with E-state index in [4.69, 9.17) is 9.47 Å². The van der Waals surface area contributed by atoms with Crippen LogP contribution in [0.3, 0.4) is 0 Å². The van der Waals surface area contributed by atoms with E-state index >= 15 is 0 Å². The van der Waals surface area contributed by atoms with Gasteiger partial charge in [-0.05, 0) is 31.4 Å². The van der Waals surface area contributed by atoms with Gasteiger partial charge < -0.3 is 20.1 Å². The molecule has 5 nitrogen and oxygen atoms in total. The van der Waals surface area contributed by atoms with Crippen molar-refractivity contribution in [2.45, 2.75) is 30.3 Å². The fourth-order valence-electron chi connectivity index (χ4n) is 2.45. The minimum atomic E-state index is 0. The molecule has 0 aliphatic carbocycles. The van der Waals surface area contributed by atoms with Crippen LogP contribution in [0.5, 0.6) is 0 Å². The summed E-state index contributed by atoms with van der Waals surface area (Å²) < 4.78 is 11.2. The lowest BCUT2D eigenvalue weighted by Crippen LogP contribution is -2.39. The summed E-state index contributed by atoms with van der Waals surface area (Å²) in [6.45, 7) is 4.11. The molecular formula is C18H30IN3O2S. The minimum absolute atomic E-state index is 0. The SMILES string of the molecule is CN=C(NCCCOCC1CCCO1)NCCSc1ccccc1.I. The summed E-state index contributed by atoms with van der Waals surface area (Å²) in [4.78, 5) is 5.53. The van der Waals surface area contributed by atoms with Crippen LogP contribution in [0, 0.1) is 0 Å². The molecule has 1 fully saturated rings. The number of nitrogens with zero attached hydrogens (tertiary/aromatic N) is 1. The molecular weight excluding hydrogens is 449 g/mol. The third-order valence-electron chi connectivity index (χ3n) is 3.72. The van der Waals surface area contributed by atoms with Crippen molar-refractivity contribution in [1.29, 1.82) is 0 Å². The van der Waals surface area contributed by atoms with Crippen LogP contribution in [-0.4, -0.2) is 57.8 Å².